The van der Waals surface area contributed by atoms with Crippen LogP contribution in [0.2, 0.25) is 0 Å². The van der Waals surface area contributed by atoms with Gasteiger partial charge in [-0.25, -0.2) is 18.0 Å². The smallest absolute Gasteiger partial charge is 0.294 e. The molecule has 0 aromatic carbocycles. The summed E-state index contributed by atoms with van der Waals surface area (Å²) in [5, 5.41) is 0. The fourth-order valence-corrected chi connectivity index (χ4v) is 2.05. The van der Waals surface area contributed by atoms with Crippen LogP contribution in [0.5, 0.6) is 0 Å². The number of hydrogen-bond acceptors (Lipinski definition) is 3. The molecule has 0 spiro atoms. The van der Waals surface area contributed by atoms with Gasteiger partial charge in [0.15, 0.2) is 11.6 Å². The van der Waals surface area contributed by atoms with Crippen molar-refractivity contribution in [1.29, 1.82) is 0 Å². The number of allylic oxidation sites excluding steroid dienone is 3. The third kappa shape index (κ3) is 4.37. The maximum absolute atomic E-state index is 11.9. The van der Waals surface area contributed by atoms with Crippen LogP contribution in [0.4, 0.5) is 0 Å². The molecule has 0 unspecified atom stereocenters. The Morgan fingerprint density at radius 3 is 2.10 bits per heavy atom. The van der Waals surface area contributed by atoms with Gasteiger partial charge in [0.05, 0.1) is 5.57 Å². The Hall–Kier alpha value is -2.40. The van der Waals surface area contributed by atoms with E-state index in [2.05, 4.69) is 9.69 Å². The molecule has 1 aliphatic rings. The van der Waals surface area contributed by atoms with Crippen LogP contribution in [-0.4, -0.2) is 29.8 Å². The number of rotatable bonds is 4. The standard InChI is InChI=1S/C15H17N3O2/c1-15(2)8-13(19)12(14(20)9-15)6-5-7-18(10-16-3)11-17-4/h5-7H,8-11H2,1-2H3/b7-5+. The van der Waals surface area contributed by atoms with Crippen LogP contribution in [0.1, 0.15) is 26.7 Å². The summed E-state index contributed by atoms with van der Waals surface area (Å²) in [6, 6.07) is 0. The van der Waals surface area contributed by atoms with Gasteiger partial charge >= 0.3 is 0 Å². The highest BCUT2D eigenvalue weighted by molar-refractivity contribution is 6.22. The second-order valence-corrected chi connectivity index (χ2v) is 5.47. The van der Waals surface area contributed by atoms with E-state index >= 15 is 0 Å². The summed E-state index contributed by atoms with van der Waals surface area (Å²) in [4.78, 5) is 31.7. The number of carbonyl (C=O) groups is 2. The molecular weight excluding hydrogens is 254 g/mol. The van der Waals surface area contributed by atoms with Crippen molar-refractivity contribution in [2.45, 2.75) is 26.7 Å². The van der Waals surface area contributed by atoms with Crippen LogP contribution >= 0.6 is 0 Å². The Balaban J connectivity index is 2.80. The minimum Gasteiger partial charge on any atom is -0.294 e. The van der Waals surface area contributed by atoms with E-state index in [4.69, 9.17) is 13.1 Å². The normalized spacial score (nSPS) is 17.7. The van der Waals surface area contributed by atoms with Gasteiger partial charge < -0.3 is 0 Å². The molecular formula is C15H17N3O2. The van der Waals surface area contributed by atoms with Crippen LogP contribution < -0.4 is 0 Å². The molecule has 1 rings (SSSR count). The molecule has 0 bridgehead atoms. The Morgan fingerprint density at radius 2 is 1.65 bits per heavy atom. The van der Waals surface area contributed by atoms with Gasteiger partial charge in [-0.05, 0) is 17.6 Å². The molecule has 0 amide bonds. The van der Waals surface area contributed by atoms with Gasteiger partial charge in [-0.15, -0.1) is 0 Å². The first-order valence-corrected chi connectivity index (χ1v) is 6.25. The van der Waals surface area contributed by atoms with Gasteiger partial charge in [0, 0.05) is 19.0 Å². The molecule has 1 saturated carbocycles. The minimum absolute atomic E-state index is 0.0803. The summed E-state index contributed by atoms with van der Waals surface area (Å²) >= 11 is 0. The highest BCUT2D eigenvalue weighted by Gasteiger charge is 2.35. The number of ketones is 2. The highest BCUT2D eigenvalue weighted by Crippen LogP contribution is 2.33. The van der Waals surface area contributed by atoms with Gasteiger partial charge in [-0.3, -0.25) is 19.3 Å². The lowest BCUT2D eigenvalue weighted by molar-refractivity contribution is -0.127. The fraction of sp³-hybridized carbons (Fsp3) is 0.467. The van der Waals surface area contributed by atoms with Crippen molar-refractivity contribution in [2.24, 2.45) is 5.41 Å². The lowest BCUT2D eigenvalue weighted by Crippen LogP contribution is -2.31. The summed E-state index contributed by atoms with van der Waals surface area (Å²) in [6.45, 7) is 17.5. The Labute approximate surface area is 119 Å². The monoisotopic (exact) mass is 271 g/mol. The average molecular weight is 271 g/mol. The van der Waals surface area contributed by atoms with E-state index in [1.54, 1.807) is 12.3 Å². The molecule has 1 aliphatic carbocycles. The van der Waals surface area contributed by atoms with E-state index in [0.717, 1.165) is 0 Å². The molecule has 0 aliphatic heterocycles. The van der Waals surface area contributed by atoms with Crippen LogP contribution in [0.15, 0.2) is 23.9 Å². The largest absolute Gasteiger partial charge is 0.294 e. The van der Waals surface area contributed by atoms with Crippen molar-refractivity contribution < 1.29 is 9.59 Å². The molecule has 0 aromatic heterocycles. The quantitative estimate of drug-likeness (QED) is 0.448. The van der Waals surface area contributed by atoms with Crippen LogP contribution in [-0.2, 0) is 9.59 Å². The van der Waals surface area contributed by atoms with Crippen molar-refractivity contribution in [2.75, 3.05) is 13.3 Å². The average Bonchev–Trinajstić information content (AvgIpc) is 2.31. The lowest BCUT2D eigenvalue weighted by Gasteiger charge is -2.28. The molecule has 0 radical (unpaired) electrons. The topological polar surface area (TPSA) is 46.1 Å². The maximum atomic E-state index is 11.9. The zero-order chi connectivity index (χ0) is 15.2. The SMILES string of the molecule is [C-]#[N+]CN(/C=C/C=C1C(=O)CC(C)(C)CC1=O)C[N+]#[C-]. The van der Waals surface area contributed by atoms with Gasteiger partial charge in [0.1, 0.15) is 0 Å². The van der Waals surface area contributed by atoms with Gasteiger partial charge in [0.25, 0.3) is 13.3 Å². The van der Waals surface area contributed by atoms with Gasteiger partial charge in [0.2, 0.25) is 0 Å². The summed E-state index contributed by atoms with van der Waals surface area (Å²) in [5.41, 5.74) is -0.0544. The van der Waals surface area contributed by atoms with Gasteiger partial charge in [-0.2, -0.15) is 0 Å². The molecule has 104 valence electrons. The Morgan fingerprint density at radius 1 is 1.15 bits per heavy atom. The zero-order valence-electron chi connectivity index (χ0n) is 11.7. The van der Waals surface area contributed by atoms with Gasteiger partial charge in [-0.1, -0.05) is 13.8 Å². The van der Waals surface area contributed by atoms with E-state index in [1.165, 1.54) is 11.0 Å². The molecule has 5 nitrogen and oxygen atoms in total. The molecule has 0 saturated heterocycles. The molecule has 0 atom stereocenters. The lowest BCUT2D eigenvalue weighted by atomic mass is 9.74. The van der Waals surface area contributed by atoms with E-state index in [0.29, 0.717) is 12.8 Å². The van der Waals surface area contributed by atoms with Crippen LogP contribution in [0, 0.1) is 18.6 Å². The maximum Gasteiger partial charge on any atom is 0.294 e. The van der Waals surface area contributed by atoms with Crippen molar-refractivity contribution in [3.05, 3.63) is 46.8 Å². The molecule has 5 heteroatoms. The predicted molar refractivity (Wildman–Crippen MR) is 75.0 cm³/mol. The van der Waals surface area contributed by atoms with Crippen LogP contribution in [0.3, 0.4) is 0 Å². The van der Waals surface area contributed by atoms with Crippen LogP contribution in [0.25, 0.3) is 9.69 Å². The molecule has 0 N–H and O–H groups in total. The Bertz CT molecular complexity index is 506. The summed E-state index contributed by atoms with van der Waals surface area (Å²) < 4.78 is 0. The number of nitrogens with zero attached hydrogens (tertiary/aromatic N) is 3. The van der Waals surface area contributed by atoms with Crippen molar-refractivity contribution in [1.82, 2.24) is 4.90 Å². The van der Waals surface area contributed by atoms with Crippen molar-refractivity contribution in [3.8, 4) is 0 Å². The molecule has 20 heavy (non-hydrogen) atoms. The third-order valence-electron chi connectivity index (χ3n) is 2.94. The number of hydrogen-bond donors (Lipinski definition) is 0. The Kier molecular flexibility index (Phi) is 5.23. The van der Waals surface area contributed by atoms with E-state index in [1.807, 2.05) is 13.8 Å². The second kappa shape index (κ2) is 6.68. The first-order chi connectivity index (χ1) is 9.39. The minimum atomic E-state index is -0.268. The highest BCUT2D eigenvalue weighted by atomic mass is 16.1. The van der Waals surface area contributed by atoms with Crippen molar-refractivity contribution >= 4 is 11.6 Å². The first-order valence-electron chi connectivity index (χ1n) is 6.25. The fourth-order valence-electron chi connectivity index (χ4n) is 2.05. The predicted octanol–water partition coefficient (Wildman–Crippen LogP) is 2.44. The van der Waals surface area contributed by atoms with Crippen molar-refractivity contribution in [3.63, 3.8) is 0 Å². The summed E-state index contributed by atoms with van der Waals surface area (Å²) in [6.07, 6.45) is 5.34. The van der Waals surface area contributed by atoms with E-state index < -0.39 is 0 Å². The van der Waals surface area contributed by atoms with E-state index in [9.17, 15) is 9.59 Å². The number of Topliss-reactive ketones (excluding diaryl/α,β-unsaturated/α-hetero) is 2. The third-order valence-corrected chi connectivity index (χ3v) is 2.94. The molecule has 1 fully saturated rings. The first kappa shape index (κ1) is 15.7. The second-order valence-electron chi connectivity index (χ2n) is 5.47. The molecule has 0 heterocycles. The summed E-state index contributed by atoms with van der Waals surface area (Å²) in [7, 11) is 0. The zero-order valence-corrected chi connectivity index (χ0v) is 11.7. The summed E-state index contributed by atoms with van der Waals surface area (Å²) in [5.74, 6) is -0.282. The molecule has 0 aromatic rings. The number of carbonyl (C=O) groups excluding carboxylic acids is 2. The van der Waals surface area contributed by atoms with E-state index in [-0.39, 0.29) is 35.9 Å².